The Labute approximate surface area is 76.9 Å². The highest BCUT2D eigenvalue weighted by Crippen LogP contribution is 2.42. The van der Waals surface area contributed by atoms with Gasteiger partial charge >= 0.3 is 0 Å². The number of hydrogen-bond donors (Lipinski definition) is 1. The molecule has 1 rings (SSSR count). The molecule has 0 aliphatic carbocycles. The van der Waals surface area contributed by atoms with Gasteiger partial charge in [0.15, 0.2) is 0 Å². The van der Waals surface area contributed by atoms with Crippen LogP contribution in [-0.2, 0) is 0 Å². The van der Waals surface area contributed by atoms with Gasteiger partial charge in [0.2, 0.25) is 0 Å². The summed E-state index contributed by atoms with van der Waals surface area (Å²) in [7, 11) is 0. The summed E-state index contributed by atoms with van der Waals surface area (Å²) in [6.07, 6.45) is 2.69. The van der Waals surface area contributed by atoms with Gasteiger partial charge in [-0.15, -0.1) is 0 Å². The van der Waals surface area contributed by atoms with Crippen LogP contribution >= 0.6 is 0 Å². The van der Waals surface area contributed by atoms with Crippen molar-refractivity contribution in [2.45, 2.75) is 40.5 Å². The fourth-order valence-corrected chi connectivity index (χ4v) is 2.62. The number of nitrogens with one attached hydrogen (secondary N) is 1. The van der Waals surface area contributed by atoms with Crippen LogP contribution in [0, 0.1) is 17.3 Å². The highest BCUT2D eigenvalue weighted by atomic mass is 14.9. The lowest BCUT2D eigenvalue weighted by Gasteiger charge is -2.38. The first-order valence-corrected chi connectivity index (χ1v) is 5.34. The van der Waals surface area contributed by atoms with E-state index in [0.29, 0.717) is 5.41 Å². The summed E-state index contributed by atoms with van der Waals surface area (Å²) in [6, 6.07) is 0. The second-order valence-corrected chi connectivity index (χ2v) is 4.62. The average molecular weight is 169 g/mol. The van der Waals surface area contributed by atoms with Crippen molar-refractivity contribution in [2.75, 3.05) is 13.1 Å². The molecule has 1 nitrogen and oxygen atoms in total. The Morgan fingerprint density at radius 3 is 2.33 bits per heavy atom. The van der Waals surface area contributed by atoms with Crippen LogP contribution in [0.25, 0.3) is 0 Å². The molecule has 1 heterocycles. The summed E-state index contributed by atoms with van der Waals surface area (Å²) in [5.74, 6) is 1.69. The normalized spacial score (nSPS) is 32.8. The topological polar surface area (TPSA) is 12.0 Å². The highest BCUT2D eigenvalue weighted by molar-refractivity contribution is 4.93. The van der Waals surface area contributed by atoms with Gasteiger partial charge < -0.3 is 5.32 Å². The van der Waals surface area contributed by atoms with Crippen molar-refractivity contribution in [1.29, 1.82) is 0 Å². The van der Waals surface area contributed by atoms with Crippen molar-refractivity contribution in [3.8, 4) is 0 Å². The van der Waals surface area contributed by atoms with Gasteiger partial charge in [0.1, 0.15) is 0 Å². The third-order valence-electron chi connectivity index (χ3n) is 3.96. The van der Waals surface area contributed by atoms with Crippen LogP contribution in [0.5, 0.6) is 0 Å². The molecule has 1 aliphatic rings. The number of rotatable bonds is 3. The smallest absolute Gasteiger partial charge is 0.00133 e. The van der Waals surface area contributed by atoms with Gasteiger partial charge in [-0.2, -0.15) is 0 Å². The van der Waals surface area contributed by atoms with Crippen molar-refractivity contribution in [3.05, 3.63) is 0 Å². The SMILES string of the molecule is CCC(C)C1(C(C)C)CCNC1. The van der Waals surface area contributed by atoms with Gasteiger partial charge in [0.05, 0.1) is 0 Å². The molecule has 72 valence electrons. The van der Waals surface area contributed by atoms with Crippen LogP contribution in [0.2, 0.25) is 0 Å². The third kappa shape index (κ3) is 1.52. The molecule has 0 spiro atoms. The van der Waals surface area contributed by atoms with E-state index in [-0.39, 0.29) is 0 Å². The van der Waals surface area contributed by atoms with Crippen molar-refractivity contribution in [1.82, 2.24) is 5.32 Å². The molecule has 1 fully saturated rings. The lowest BCUT2D eigenvalue weighted by Crippen LogP contribution is -2.36. The summed E-state index contributed by atoms with van der Waals surface area (Å²) in [5.41, 5.74) is 0.592. The molecular weight excluding hydrogens is 146 g/mol. The van der Waals surface area contributed by atoms with Gasteiger partial charge in [0, 0.05) is 6.54 Å². The molecule has 0 aromatic carbocycles. The van der Waals surface area contributed by atoms with Crippen molar-refractivity contribution >= 4 is 0 Å². The fraction of sp³-hybridized carbons (Fsp3) is 1.00. The van der Waals surface area contributed by atoms with Crippen molar-refractivity contribution < 1.29 is 0 Å². The van der Waals surface area contributed by atoms with Gasteiger partial charge in [-0.1, -0.05) is 34.1 Å². The molecule has 1 saturated heterocycles. The van der Waals surface area contributed by atoms with E-state index in [1.165, 1.54) is 25.9 Å². The molecule has 1 heteroatoms. The Kier molecular flexibility index (Phi) is 3.16. The quantitative estimate of drug-likeness (QED) is 0.685. The van der Waals surface area contributed by atoms with E-state index in [0.717, 1.165) is 11.8 Å². The predicted molar refractivity (Wildman–Crippen MR) is 54.2 cm³/mol. The zero-order valence-electron chi connectivity index (χ0n) is 8.98. The summed E-state index contributed by atoms with van der Waals surface area (Å²) in [6.45, 7) is 11.9. The maximum atomic E-state index is 3.51. The number of hydrogen-bond acceptors (Lipinski definition) is 1. The molecule has 1 N–H and O–H groups in total. The summed E-state index contributed by atoms with van der Waals surface area (Å²) in [4.78, 5) is 0. The Morgan fingerprint density at radius 1 is 1.33 bits per heavy atom. The molecule has 0 aromatic rings. The third-order valence-corrected chi connectivity index (χ3v) is 3.96. The molecule has 2 atom stereocenters. The Morgan fingerprint density at radius 2 is 2.00 bits per heavy atom. The first kappa shape index (κ1) is 10.0. The van der Waals surface area contributed by atoms with Crippen LogP contribution in [0.3, 0.4) is 0 Å². The van der Waals surface area contributed by atoms with Crippen LogP contribution < -0.4 is 5.32 Å². The second-order valence-electron chi connectivity index (χ2n) is 4.62. The largest absolute Gasteiger partial charge is 0.316 e. The molecule has 12 heavy (non-hydrogen) atoms. The fourth-order valence-electron chi connectivity index (χ4n) is 2.62. The van der Waals surface area contributed by atoms with Gasteiger partial charge in [-0.25, -0.2) is 0 Å². The summed E-state index contributed by atoms with van der Waals surface area (Å²) >= 11 is 0. The van der Waals surface area contributed by atoms with E-state index < -0.39 is 0 Å². The Bertz CT molecular complexity index is 134. The molecular formula is C11H23N. The molecule has 0 radical (unpaired) electrons. The van der Waals surface area contributed by atoms with Crippen molar-refractivity contribution in [3.63, 3.8) is 0 Å². The summed E-state index contributed by atoms with van der Waals surface area (Å²) in [5, 5.41) is 3.51. The minimum absolute atomic E-state index is 0.592. The highest BCUT2D eigenvalue weighted by Gasteiger charge is 2.40. The van der Waals surface area contributed by atoms with Crippen LogP contribution in [0.4, 0.5) is 0 Å². The Balaban J connectivity index is 2.71. The Hall–Kier alpha value is -0.0400. The maximum absolute atomic E-state index is 3.51. The minimum Gasteiger partial charge on any atom is -0.316 e. The zero-order valence-corrected chi connectivity index (χ0v) is 8.98. The van der Waals surface area contributed by atoms with E-state index in [9.17, 15) is 0 Å². The molecule has 1 aliphatic heterocycles. The standard InChI is InChI=1S/C11H23N/c1-5-10(4)11(9(2)3)6-7-12-8-11/h9-10,12H,5-8H2,1-4H3. The van der Waals surface area contributed by atoms with Gasteiger partial charge in [-0.3, -0.25) is 0 Å². The lowest BCUT2D eigenvalue weighted by molar-refractivity contribution is 0.123. The molecule has 0 saturated carbocycles. The molecule has 0 amide bonds. The van der Waals surface area contributed by atoms with Gasteiger partial charge in [0.25, 0.3) is 0 Å². The molecule has 2 unspecified atom stereocenters. The molecule has 0 aromatic heterocycles. The van der Waals surface area contributed by atoms with E-state index in [4.69, 9.17) is 0 Å². The van der Waals surface area contributed by atoms with Crippen LogP contribution in [0.1, 0.15) is 40.5 Å². The van der Waals surface area contributed by atoms with E-state index in [2.05, 4.69) is 33.0 Å². The van der Waals surface area contributed by atoms with E-state index in [1.54, 1.807) is 0 Å². The van der Waals surface area contributed by atoms with Crippen LogP contribution in [0.15, 0.2) is 0 Å². The predicted octanol–water partition coefficient (Wildman–Crippen LogP) is 2.67. The maximum Gasteiger partial charge on any atom is 0.00133 e. The zero-order chi connectivity index (χ0) is 9.19. The second kappa shape index (κ2) is 3.78. The monoisotopic (exact) mass is 169 g/mol. The van der Waals surface area contributed by atoms with Crippen molar-refractivity contribution in [2.24, 2.45) is 17.3 Å². The molecule has 0 bridgehead atoms. The first-order valence-electron chi connectivity index (χ1n) is 5.34. The van der Waals surface area contributed by atoms with E-state index in [1.807, 2.05) is 0 Å². The van der Waals surface area contributed by atoms with E-state index >= 15 is 0 Å². The first-order chi connectivity index (χ1) is 5.63. The minimum atomic E-state index is 0.592. The average Bonchev–Trinajstić information content (AvgIpc) is 2.52. The van der Waals surface area contributed by atoms with Crippen LogP contribution in [-0.4, -0.2) is 13.1 Å². The summed E-state index contributed by atoms with van der Waals surface area (Å²) < 4.78 is 0. The lowest BCUT2D eigenvalue weighted by atomic mass is 9.67. The van der Waals surface area contributed by atoms with Gasteiger partial charge in [-0.05, 0) is 30.2 Å².